The Hall–Kier alpha value is -0.820. The van der Waals surface area contributed by atoms with E-state index in [-0.39, 0.29) is 19.4 Å². The molecule has 0 spiro atoms. The number of hydrogen-bond donors (Lipinski definition) is 2. The summed E-state index contributed by atoms with van der Waals surface area (Å²) in [6.07, 6.45) is -5.39. The Bertz CT molecular complexity index is 251. The number of halogens is 3. The normalized spacial score (nSPS) is 19.2. The van der Waals surface area contributed by atoms with Gasteiger partial charge in [-0.15, -0.1) is 0 Å². The molecule has 2 N–H and O–H groups in total. The van der Waals surface area contributed by atoms with Gasteiger partial charge in [0, 0.05) is 26.1 Å². The summed E-state index contributed by atoms with van der Waals surface area (Å²) in [6, 6.07) is 0. The highest BCUT2D eigenvalue weighted by Crippen LogP contribution is 2.24. The average Bonchev–Trinajstić information content (AvgIpc) is 2.05. The Labute approximate surface area is 90.8 Å². The van der Waals surface area contributed by atoms with Gasteiger partial charge in [-0.2, -0.15) is 13.2 Å². The zero-order valence-corrected chi connectivity index (χ0v) is 8.64. The lowest BCUT2D eigenvalue weighted by Crippen LogP contribution is -2.62. The van der Waals surface area contributed by atoms with Crippen LogP contribution in [0.4, 0.5) is 13.2 Å². The first kappa shape index (κ1) is 13.2. The fourth-order valence-electron chi connectivity index (χ4n) is 1.52. The van der Waals surface area contributed by atoms with Crippen LogP contribution in [-0.4, -0.2) is 42.5 Å². The van der Waals surface area contributed by atoms with Gasteiger partial charge in [-0.3, -0.25) is 4.79 Å². The smallest absolute Gasteiger partial charge is 0.389 e. The third-order valence-electron chi connectivity index (χ3n) is 2.38. The Balaban J connectivity index is 2.22. The quantitative estimate of drug-likeness (QED) is 0.685. The minimum Gasteiger partial charge on any atom is -0.481 e. The van der Waals surface area contributed by atoms with E-state index in [0.717, 1.165) is 0 Å². The molecule has 1 rings (SSSR count). The third kappa shape index (κ3) is 4.36. The molecule has 4 nitrogen and oxygen atoms in total. The molecule has 94 valence electrons. The SMILES string of the molecule is O=C(O)CC1(OCCCC(F)(F)F)CNC1. The van der Waals surface area contributed by atoms with Gasteiger partial charge in [0.05, 0.1) is 6.42 Å². The molecule has 1 aliphatic rings. The van der Waals surface area contributed by atoms with E-state index in [9.17, 15) is 18.0 Å². The molecule has 0 unspecified atom stereocenters. The first-order valence-corrected chi connectivity index (χ1v) is 4.96. The zero-order valence-electron chi connectivity index (χ0n) is 8.64. The van der Waals surface area contributed by atoms with Gasteiger partial charge in [-0.25, -0.2) is 0 Å². The number of carbonyl (C=O) groups is 1. The van der Waals surface area contributed by atoms with Crippen molar-refractivity contribution in [3.05, 3.63) is 0 Å². The maximum absolute atomic E-state index is 11.8. The highest BCUT2D eigenvalue weighted by Gasteiger charge is 2.40. The first-order chi connectivity index (χ1) is 7.33. The molecule has 1 aliphatic heterocycles. The summed E-state index contributed by atoms with van der Waals surface area (Å²) in [7, 11) is 0. The lowest BCUT2D eigenvalue weighted by molar-refractivity contribution is -0.157. The number of carboxylic acids is 1. The number of carboxylic acid groups (broad SMARTS) is 1. The number of rotatable bonds is 6. The van der Waals surface area contributed by atoms with E-state index in [2.05, 4.69) is 5.32 Å². The summed E-state index contributed by atoms with van der Waals surface area (Å²) in [5, 5.41) is 11.5. The molecule has 0 atom stereocenters. The summed E-state index contributed by atoms with van der Waals surface area (Å²) in [6.45, 7) is 0.700. The molecule has 0 aliphatic carbocycles. The van der Waals surface area contributed by atoms with Crippen molar-refractivity contribution in [1.82, 2.24) is 5.32 Å². The fourth-order valence-corrected chi connectivity index (χ4v) is 1.52. The van der Waals surface area contributed by atoms with E-state index in [1.54, 1.807) is 0 Å². The summed E-state index contributed by atoms with van der Waals surface area (Å²) in [4.78, 5) is 10.5. The van der Waals surface area contributed by atoms with E-state index in [0.29, 0.717) is 13.1 Å². The van der Waals surface area contributed by atoms with Crippen LogP contribution in [0.3, 0.4) is 0 Å². The van der Waals surface area contributed by atoms with Crippen molar-refractivity contribution in [2.24, 2.45) is 0 Å². The van der Waals surface area contributed by atoms with Gasteiger partial charge < -0.3 is 15.2 Å². The molecule has 1 heterocycles. The maximum atomic E-state index is 11.8. The Morgan fingerprint density at radius 2 is 2.06 bits per heavy atom. The zero-order chi connectivity index (χ0) is 12.2. The first-order valence-electron chi connectivity index (χ1n) is 4.96. The topological polar surface area (TPSA) is 58.6 Å². The lowest BCUT2D eigenvalue weighted by Gasteiger charge is -2.41. The number of aliphatic carboxylic acids is 1. The molecule has 1 saturated heterocycles. The van der Waals surface area contributed by atoms with Crippen LogP contribution in [0.25, 0.3) is 0 Å². The average molecular weight is 241 g/mol. The van der Waals surface area contributed by atoms with Crippen molar-refractivity contribution in [2.45, 2.75) is 31.0 Å². The van der Waals surface area contributed by atoms with Gasteiger partial charge in [0.1, 0.15) is 5.60 Å². The highest BCUT2D eigenvalue weighted by atomic mass is 19.4. The van der Waals surface area contributed by atoms with Crippen molar-refractivity contribution in [2.75, 3.05) is 19.7 Å². The molecule has 0 radical (unpaired) electrons. The van der Waals surface area contributed by atoms with Crippen molar-refractivity contribution < 1.29 is 27.8 Å². The molecule has 0 saturated carbocycles. The standard InChI is InChI=1S/C9H14F3NO3/c10-9(11,12)2-1-3-16-8(4-7(14)15)5-13-6-8/h13H,1-6H2,(H,14,15). The predicted molar refractivity (Wildman–Crippen MR) is 49.1 cm³/mol. The summed E-state index contributed by atoms with van der Waals surface area (Å²) >= 11 is 0. The Morgan fingerprint density at radius 1 is 1.44 bits per heavy atom. The van der Waals surface area contributed by atoms with Crippen LogP contribution in [0.5, 0.6) is 0 Å². The molecule has 0 aromatic carbocycles. The van der Waals surface area contributed by atoms with Crippen LogP contribution in [0.15, 0.2) is 0 Å². The Kier molecular flexibility index (Phi) is 4.15. The van der Waals surface area contributed by atoms with Crippen molar-refractivity contribution in [3.8, 4) is 0 Å². The van der Waals surface area contributed by atoms with Gasteiger partial charge in [-0.1, -0.05) is 0 Å². The number of hydrogen-bond acceptors (Lipinski definition) is 3. The van der Waals surface area contributed by atoms with Gasteiger partial charge >= 0.3 is 12.1 Å². The number of alkyl halides is 3. The summed E-state index contributed by atoms with van der Waals surface area (Å²) in [5.41, 5.74) is -0.808. The van der Waals surface area contributed by atoms with Gasteiger partial charge in [0.25, 0.3) is 0 Å². The molecule has 0 aromatic rings. The largest absolute Gasteiger partial charge is 0.481 e. The van der Waals surface area contributed by atoms with E-state index in [4.69, 9.17) is 9.84 Å². The van der Waals surface area contributed by atoms with E-state index >= 15 is 0 Å². The van der Waals surface area contributed by atoms with Crippen LogP contribution < -0.4 is 5.32 Å². The molecule has 7 heteroatoms. The minimum absolute atomic E-state index is 0.0610. The number of nitrogens with one attached hydrogen (secondary N) is 1. The second-order valence-electron chi connectivity index (χ2n) is 3.92. The van der Waals surface area contributed by atoms with Crippen LogP contribution >= 0.6 is 0 Å². The predicted octanol–water partition coefficient (Wildman–Crippen LogP) is 1.16. The van der Waals surface area contributed by atoms with Crippen LogP contribution in [0.1, 0.15) is 19.3 Å². The maximum Gasteiger partial charge on any atom is 0.389 e. The van der Waals surface area contributed by atoms with E-state index in [1.807, 2.05) is 0 Å². The van der Waals surface area contributed by atoms with Gasteiger partial charge in [0.2, 0.25) is 0 Å². The van der Waals surface area contributed by atoms with Gasteiger partial charge in [-0.05, 0) is 6.42 Å². The second-order valence-corrected chi connectivity index (χ2v) is 3.92. The third-order valence-corrected chi connectivity index (χ3v) is 2.38. The van der Waals surface area contributed by atoms with E-state index in [1.165, 1.54) is 0 Å². The number of ether oxygens (including phenoxy) is 1. The monoisotopic (exact) mass is 241 g/mol. The molecular formula is C9H14F3NO3. The molecular weight excluding hydrogens is 227 g/mol. The van der Waals surface area contributed by atoms with Crippen molar-refractivity contribution in [1.29, 1.82) is 0 Å². The molecule has 1 fully saturated rings. The van der Waals surface area contributed by atoms with Crippen LogP contribution in [0, 0.1) is 0 Å². The second kappa shape index (κ2) is 5.01. The molecule has 0 amide bonds. The lowest BCUT2D eigenvalue weighted by atomic mass is 9.93. The minimum atomic E-state index is -4.18. The Morgan fingerprint density at radius 3 is 2.44 bits per heavy atom. The summed E-state index contributed by atoms with van der Waals surface area (Å²) in [5.74, 6) is -1.00. The van der Waals surface area contributed by atoms with Crippen LogP contribution in [-0.2, 0) is 9.53 Å². The fraction of sp³-hybridized carbons (Fsp3) is 0.889. The highest BCUT2D eigenvalue weighted by molar-refractivity contribution is 5.68. The molecule has 16 heavy (non-hydrogen) atoms. The van der Waals surface area contributed by atoms with Crippen molar-refractivity contribution >= 4 is 5.97 Å². The van der Waals surface area contributed by atoms with E-state index < -0.39 is 24.2 Å². The molecule has 0 aromatic heterocycles. The van der Waals surface area contributed by atoms with Gasteiger partial charge in [0.15, 0.2) is 0 Å². The van der Waals surface area contributed by atoms with Crippen LogP contribution in [0.2, 0.25) is 0 Å². The summed E-state index contributed by atoms with van der Waals surface area (Å²) < 4.78 is 40.7. The molecule has 0 bridgehead atoms. The van der Waals surface area contributed by atoms with Crippen molar-refractivity contribution in [3.63, 3.8) is 0 Å².